The van der Waals surface area contributed by atoms with Crippen molar-refractivity contribution in [1.29, 1.82) is 0 Å². The standard InChI is InChI=1S/C4H10/c1-4(2)3/h4H,1-3H3/i1D3,2D3,3D3,4D. The van der Waals surface area contributed by atoms with Crippen LogP contribution in [0.2, 0.25) is 0 Å². The average Bonchev–Trinajstić information content (AvgIpc) is 1.77. The van der Waals surface area contributed by atoms with E-state index in [2.05, 4.69) is 0 Å². The predicted molar refractivity (Wildman–Crippen MR) is 20.5 cm³/mol. The second-order valence-corrected chi connectivity index (χ2v) is 0.375. The van der Waals surface area contributed by atoms with E-state index < -0.39 is 26.4 Å². The van der Waals surface area contributed by atoms with E-state index >= 15 is 0 Å². The molecule has 0 spiro atoms. The first-order chi connectivity index (χ1) is 5.75. The molecule has 0 nitrogen and oxygen atoms in total. The quantitative estimate of drug-likeness (QED) is 0.405. The van der Waals surface area contributed by atoms with Gasteiger partial charge in [-0.15, -0.1) is 0 Å². The monoisotopic (exact) mass is 68.1 g/mol. The summed E-state index contributed by atoms with van der Waals surface area (Å²) in [5, 5.41) is 0. The lowest BCUT2D eigenvalue weighted by molar-refractivity contribution is 0.737. The maximum atomic E-state index is 7.19. The summed E-state index contributed by atoms with van der Waals surface area (Å²) in [6, 6.07) is 0. The summed E-state index contributed by atoms with van der Waals surface area (Å²) < 4.78 is 68.6. The van der Waals surface area contributed by atoms with Crippen molar-refractivity contribution >= 4 is 0 Å². The largest absolute Gasteiger partial charge is 0.0630 e. The molecule has 0 unspecified atom stereocenters. The van der Waals surface area contributed by atoms with E-state index in [1.54, 1.807) is 0 Å². The molecule has 0 aliphatic carbocycles. The minimum absolute atomic E-state index is 3.39. The molecule has 0 rings (SSSR count). The third kappa shape index (κ3) is 0. The molecule has 0 saturated carbocycles. The van der Waals surface area contributed by atoms with Crippen molar-refractivity contribution in [2.24, 2.45) is 5.89 Å². The smallest absolute Gasteiger partial charge is 0.0294 e. The van der Waals surface area contributed by atoms with Gasteiger partial charge in [0.1, 0.15) is 0 Å². The summed E-state index contributed by atoms with van der Waals surface area (Å²) in [5.41, 5.74) is 0. The van der Waals surface area contributed by atoms with Gasteiger partial charge in [-0.2, -0.15) is 0 Å². The van der Waals surface area contributed by atoms with Crippen LogP contribution in [-0.2, 0) is 0 Å². The summed E-state index contributed by atoms with van der Waals surface area (Å²) in [6.07, 6.45) is 0. The van der Waals surface area contributed by atoms with Crippen molar-refractivity contribution < 1.29 is 13.7 Å². The van der Waals surface area contributed by atoms with Gasteiger partial charge in [0.05, 0.1) is 0 Å². The van der Waals surface area contributed by atoms with Crippen LogP contribution in [0.15, 0.2) is 0 Å². The second-order valence-electron chi connectivity index (χ2n) is 0.375. The molecule has 0 aliphatic heterocycles. The first-order valence-electron chi connectivity index (χ1n) is 5.75. The zero-order chi connectivity index (χ0) is 12.0. The van der Waals surface area contributed by atoms with Gasteiger partial charge in [-0.05, 0) is 5.89 Å². The Balaban J connectivity index is 5.54. The molecule has 0 N–H and O–H groups in total. The Morgan fingerprint density at radius 3 is 2.25 bits per heavy atom. The molecule has 0 aromatic carbocycles. The van der Waals surface area contributed by atoms with Crippen molar-refractivity contribution in [2.45, 2.75) is 20.6 Å². The van der Waals surface area contributed by atoms with Gasteiger partial charge in [0, 0.05) is 13.7 Å². The third-order valence-corrected chi connectivity index (χ3v) is 0. The zero-order valence-corrected chi connectivity index (χ0v) is 2.00. The third-order valence-electron chi connectivity index (χ3n) is 0. The minimum atomic E-state index is -3.44. The normalized spacial score (nSPS) is 58.0. The summed E-state index contributed by atoms with van der Waals surface area (Å²) in [4.78, 5) is 0. The van der Waals surface area contributed by atoms with Crippen LogP contribution in [0.1, 0.15) is 34.3 Å². The van der Waals surface area contributed by atoms with Crippen molar-refractivity contribution in [1.82, 2.24) is 0 Å². The minimum Gasteiger partial charge on any atom is -0.0630 e. The maximum Gasteiger partial charge on any atom is 0.0294 e. The van der Waals surface area contributed by atoms with Crippen molar-refractivity contribution in [3.63, 3.8) is 0 Å². The molecule has 0 aromatic rings. The number of hydrogen-bond donors (Lipinski definition) is 0. The molecular weight excluding hydrogens is 48.0 g/mol. The van der Waals surface area contributed by atoms with Gasteiger partial charge in [-0.3, -0.25) is 0 Å². The van der Waals surface area contributed by atoms with Gasteiger partial charge >= 0.3 is 0 Å². The molecule has 0 atom stereocenters. The highest BCUT2D eigenvalue weighted by molar-refractivity contribution is 4.20. The summed E-state index contributed by atoms with van der Waals surface area (Å²) >= 11 is 0. The lowest BCUT2D eigenvalue weighted by Crippen LogP contribution is -1.66. The molecule has 26 valence electrons. The fourth-order valence-electron chi connectivity index (χ4n) is 0. The van der Waals surface area contributed by atoms with Crippen LogP contribution >= 0.6 is 0 Å². The molecular formula is C4H10. The fourth-order valence-corrected chi connectivity index (χ4v) is 0. The summed E-state index contributed by atoms with van der Waals surface area (Å²) in [7, 11) is 0. The Kier molecular flexibility index (Phi) is 0.0710. The Hall–Kier alpha value is 0. The predicted octanol–water partition coefficient (Wildman–Crippen LogP) is 1.66. The SMILES string of the molecule is [2H]C([2H])([2H])C([2H])(C([2H])([2H])[2H])C([2H])([2H])[2H]. The van der Waals surface area contributed by atoms with Gasteiger partial charge in [-0.25, -0.2) is 0 Å². The van der Waals surface area contributed by atoms with Crippen molar-refractivity contribution in [3.05, 3.63) is 0 Å². The Labute approximate surface area is 41.9 Å². The van der Waals surface area contributed by atoms with Crippen molar-refractivity contribution in [2.75, 3.05) is 0 Å². The van der Waals surface area contributed by atoms with E-state index in [4.69, 9.17) is 13.7 Å². The molecule has 0 saturated heterocycles. The molecule has 0 amide bonds. The van der Waals surface area contributed by atoms with Gasteiger partial charge in [0.25, 0.3) is 0 Å². The van der Waals surface area contributed by atoms with Gasteiger partial charge in [0.15, 0.2) is 0 Å². The van der Waals surface area contributed by atoms with Gasteiger partial charge < -0.3 is 0 Å². The first kappa shape index (κ1) is 0.213. The van der Waals surface area contributed by atoms with Crippen molar-refractivity contribution in [3.8, 4) is 0 Å². The highest BCUT2D eigenvalue weighted by atomic mass is 13.7. The van der Waals surface area contributed by atoms with Crippen LogP contribution in [0, 0.1) is 5.89 Å². The first-order valence-corrected chi connectivity index (χ1v) is 0.750. The van der Waals surface area contributed by atoms with E-state index in [9.17, 15) is 0 Å². The second kappa shape index (κ2) is 1.33. The van der Waals surface area contributed by atoms with E-state index in [0.29, 0.717) is 0 Å². The Morgan fingerprint density at radius 2 is 2.25 bits per heavy atom. The lowest BCUT2D eigenvalue weighted by atomic mass is 10.3. The average molecular weight is 68.2 g/mol. The van der Waals surface area contributed by atoms with Crippen LogP contribution < -0.4 is 0 Å². The van der Waals surface area contributed by atoms with E-state index in [1.807, 2.05) is 0 Å². The van der Waals surface area contributed by atoms with E-state index in [1.165, 1.54) is 0 Å². The van der Waals surface area contributed by atoms with Crippen LogP contribution in [0.5, 0.6) is 0 Å². The molecule has 0 aromatic heterocycles. The molecule has 0 radical (unpaired) electrons. The van der Waals surface area contributed by atoms with Crippen LogP contribution in [0.25, 0.3) is 0 Å². The Morgan fingerprint density at radius 1 is 1.75 bits per heavy atom. The fraction of sp³-hybridized carbons (Fsp3) is 1.00. The summed E-state index contributed by atoms with van der Waals surface area (Å²) in [5.74, 6) is -3.44. The van der Waals surface area contributed by atoms with E-state index in [-0.39, 0.29) is 0 Å². The highest BCUT2D eigenvalue weighted by Crippen LogP contribution is 1.81. The molecule has 0 heterocycles. The van der Waals surface area contributed by atoms with Crippen LogP contribution in [0.4, 0.5) is 0 Å². The van der Waals surface area contributed by atoms with E-state index in [0.717, 1.165) is 0 Å². The maximum absolute atomic E-state index is 7.19. The number of rotatable bonds is 0. The lowest BCUT2D eigenvalue weighted by Gasteiger charge is -1.79. The summed E-state index contributed by atoms with van der Waals surface area (Å²) in [6.45, 7) is -10.2. The number of hydrogen-bond acceptors (Lipinski definition) is 0. The molecule has 0 heteroatoms. The Bertz CT molecular complexity index is 166. The highest BCUT2D eigenvalue weighted by Gasteiger charge is 1.68. The molecule has 4 heavy (non-hydrogen) atoms. The zero-order valence-electron chi connectivity index (χ0n) is 12.0. The molecule has 0 bridgehead atoms. The topological polar surface area (TPSA) is 0 Å². The molecule has 0 fully saturated rings. The van der Waals surface area contributed by atoms with Crippen LogP contribution in [0.3, 0.4) is 0 Å². The van der Waals surface area contributed by atoms with Crippen LogP contribution in [-0.4, -0.2) is 0 Å². The van der Waals surface area contributed by atoms with Gasteiger partial charge in [0.2, 0.25) is 0 Å². The molecule has 0 aliphatic rings. The van der Waals surface area contributed by atoms with Gasteiger partial charge in [-0.1, -0.05) is 20.6 Å².